The van der Waals surface area contributed by atoms with Gasteiger partial charge in [-0.1, -0.05) is 53.7 Å². The van der Waals surface area contributed by atoms with Crippen LogP contribution in [-0.2, 0) is 0 Å². The highest BCUT2D eigenvalue weighted by Gasteiger charge is 2.23. The van der Waals surface area contributed by atoms with Crippen molar-refractivity contribution >= 4 is 34.1 Å². The van der Waals surface area contributed by atoms with E-state index in [4.69, 9.17) is 9.51 Å². The van der Waals surface area contributed by atoms with E-state index in [1.165, 1.54) is 0 Å². The summed E-state index contributed by atoms with van der Waals surface area (Å²) in [5, 5.41) is 14.8. The third-order valence-corrected chi connectivity index (χ3v) is 7.06. The number of carbonyl (C=O) groups excluding carboxylic acids is 1. The molecular weight excluding hydrogens is 464 g/mol. The van der Waals surface area contributed by atoms with E-state index in [2.05, 4.69) is 64.4 Å². The first-order valence-electron chi connectivity index (χ1n) is 12.9. The minimum atomic E-state index is -0.236. The predicted molar refractivity (Wildman–Crippen MR) is 149 cm³/mol. The third-order valence-electron chi connectivity index (χ3n) is 7.06. The Bertz CT molecular complexity index is 1360. The molecule has 0 radical (unpaired) electrons. The second-order valence-electron chi connectivity index (χ2n) is 9.97. The molecule has 2 amide bonds. The van der Waals surface area contributed by atoms with Gasteiger partial charge in [-0.05, 0) is 44.6 Å². The fraction of sp³-hybridized carbons (Fsp3) is 0.345. The fourth-order valence-corrected chi connectivity index (χ4v) is 5.02. The average Bonchev–Trinajstić information content (AvgIpc) is 3.28. The van der Waals surface area contributed by atoms with E-state index in [1.807, 2.05) is 43.3 Å². The Labute approximate surface area is 217 Å². The van der Waals surface area contributed by atoms with Gasteiger partial charge in [0.05, 0.1) is 5.52 Å². The van der Waals surface area contributed by atoms with Crippen LogP contribution in [0.25, 0.3) is 22.2 Å². The molecule has 2 aromatic heterocycles. The number of hydrogen-bond donors (Lipinski definition) is 3. The van der Waals surface area contributed by atoms with Crippen molar-refractivity contribution in [2.75, 3.05) is 36.2 Å². The van der Waals surface area contributed by atoms with E-state index < -0.39 is 0 Å². The third kappa shape index (κ3) is 5.69. The summed E-state index contributed by atoms with van der Waals surface area (Å²) in [6.07, 6.45) is 4.19. The molecule has 0 saturated heterocycles. The van der Waals surface area contributed by atoms with Crippen LogP contribution < -0.4 is 20.9 Å². The highest BCUT2D eigenvalue weighted by molar-refractivity contribution is 5.94. The van der Waals surface area contributed by atoms with E-state index >= 15 is 0 Å². The van der Waals surface area contributed by atoms with Crippen LogP contribution in [0.5, 0.6) is 0 Å². The zero-order valence-electron chi connectivity index (χ0n) is 21.6. The predicted octanol–water partition coefficient (Wildman–Crippen LogP) is 6.06. The first kappa shape index (κ1) is 24.6. The van der Waals surface area contributed by atoms with E-state index in [9.17, 15) is 4.79 Å². The highest BCUT2D eigenvalue weighted by atomic mass is 16.5. The molecule has 1 fully saturated rings. The van der Waals surface area contributed by atoms with Crippen molar-refractivity contribution in [2.45, 2.75) is 38.6 Å². The van der Waals surface area contributed by atoms with Gasteiger partial charge in [-0.2, -0.15) is 0 Å². The minimum Gasteiger partial charge on any atom is -0.377 e. The Morgan fingerprint density at radius 2 is 1.76 bits per heavy atom. The summed E-state index contributed by atoms with van der Waals surface area (Å²) in [4.78, 5) is 19.7. The summed E-state index contributed by atoms with van der Waals surface area (Å²) >= 11 is 0. The quantitative estimate of drug-likeness (QED) is 0.287. The lowest BCUT2D eigenvalue weighted by molar-refractivity contribution is 0.246. The number of hydrogen-bond acceptors (Lipinski definition) is 6. The Morgan fingerprint density at radius 3 is 2.51 bits per heavy atom. The standard InChI is InChI=1S/C29H34N6O2/c1-19-27(28(37-34-19)21-9-5-4-6-10-21)33-29(36)30-18-20-13-15-22(16-14-20)31-26-17-25(35(2)3)23-11-7-8-12-24(23)32-26/h4-12,17,20,22H,13-16,18H2,1-3H3,(H,31,32)(H2,30,33,36)/t20-,22+. The van der Waals surface area contributed by atoms with Crippen LogP contribution >= 0.6 is 0 Å². The van der Waals surface area contributed by atoms with Crippen LogP contribution in [0.2, 0.25) is 0 Å². The molecule has 192 valence electrons. The second-order valence-corrected chi connectivity index (χ2v) is 9.97. The lowest BCUT2D eigenvalue weighted by atomic mass is 9.86. The zero-order chi connectivity index (χ0) is 25.8. The number of amides is 2. The number of para-hydroxylation sites is 1. The van der Waals surface area contributed by atoms with E-state index in [0.29, 0.717) is 35.6 Å². The molecule has 5 rings (SSSR count). The summed E-state index contributed by atoms with van der Waals surface area (Å²) in [6.45, 7) is 2.47. The topological polar surface area (TPSA) is 95.3 Å². The van der Waals surface area contributed by atoms with Crippen LogP contribution in [0.4, 0.5) is 22.0 Å². The number of urea groups is 1. The molecule has 0 bridgehead atoms. The summed E-state index contributed by atoms with van der Waals surface area (Å²) in [5.41, 5.74) is 4.30. The number of fused-ring (bicyclic) bond motifs is 1. The van der Waals surface area contributed by atoms with Crippen molar-refractivity contribution in [1.82, 2.24) is 15.5 Å². The Morgan fingerprint density at radius 1 is 1.03 bits per heavy atom. The number of nitrogens with zero attached hydrogens (tertiary/aromatic N) is 3. The van der Waals surface area contributed by atoms with Crippen molar-refractivity contribution in [3.8, 4) is 11.3 Å². The maximum atomic E-state index is 12.7. The number of rotatable bonds is 7. The van der Waals surface area contributed by atoms with Gasteiger partial charge in [0.1, 0.15) is 17.2 Å². The fourth-order valence-electron chi connectivity index (χ4n) is 5.02. The van der Waals surface area contributed by atoms with Crippen LogP contribution in [0, 0.1) is 12.8 Å². The van der Waals surface area contributed by atoms with Crippen LogP contribution in [0.15, 0.2) is 65.2 Å². The van der Waals surface area contributed by atoms with Gasteiger partial charge in [-0.25, -0.2) is 9.78 Å². The highest BCUT2D eigenvalue weighted by Crippen LogP contribution is 2.32. The zero-order valence-corrected chi connectivity index (χ0v) is 21.6. The molecule has 1 aliphatic rings. The summed E-state index contributed by atoms with van der Waals surface area (Å²) < 4.78 is 5.47. The first-order valence-corrected chi connectivity index (χ1v) is 12.9. The molecule has 2 heterocycles. The van der Waals surface area contributed by atoms with Crippen LogP contribution in [0.1, 0.15) is 31.4 Å². The number of benzene rings is 2. The van der Waals surface area contributed by atoms with Gasteiger partial charge in [0.25, 0.3) is 0 Å². The van der Waals surface area contributed by atoms with Gasteiger partial charge in [0, 0.05) is 49.4 Å². The number of pyridine rings is 1. The van der Waals surface area contributed by atoms with Crippen molar-refractivity contribution in [3.63, 3.8) is 0 Å². The molecule has 2 aromatic carbocycles. The molecule has 1 aliphatic carbocycles. The van der Waals surface area contributed by atoms with Gasteiger partial charge < -0.3 is 25.4 Å². The molecule has 8 nitrogen and oxygen atoms in total. The van der Waals surface area contributed by atoms with E-state index in [-0.39, 0.29) is 6.03 Å². The van der Waals surface area contributed by atoms with Gasteiger partial charge in [0.15, 0.2) is 5.76 Å². The van der Waals surface area contributed by atoms with Gasteiger partial charge in [-0.3, -0.25) is 0 Å². The lowest BCUT2D eigenvalue weighted by Crippen LogP contribution is -2.36. The number of carbonyl (C=O) groups is 1. The molecule has 37 heavy (non-hydrogen) atoms. The Kier molecular flexibility index (Phi) is 7.25. The number of aryl methyl sites for hydroxylation is 1. The maximum absolute atomic E-state index is 12.7. The Hall–Kier alpha value is -4.07. The SMILES string of the molecule is Cc1noc(-c2ccccc2)c1NC(=O)NC[C@H]1CC[C@@H](Nc2cc(N(C)C)c3ccccc3n2)CC1. The molecule has 4 aromatic rings. The van der Waals surface area contributed by atoms with Crippen molar-refractivity contribution in [3.05, 3.63) is 66.4 Å². The number of nitrogens with one attached hydrogen (secondary N) is 3. The van der Waals surface area contributed by atoms with E-state index in [1.54, 1.807) is 0 Å². The maximum Gasteiger partial charge on any atom is 0.319 e. The largest absolute Gasteiger partial charge is 0.377 e. The molecule has 1 saturated carbocycles. The summed E-state index contributed by atoms with van der Waals surface area (Å²) in [7, 11) is 4.12. The monoisotopic (exact) mass is 498 g/mol. The van der Waals surface area contributed by atoms with Crippen molar-refractivity contribution in [2.24, 2.45) is 5.92 Å². The normalized spacial score (nSPS) is 17.4. The number of aromatic nitrogens is 2. The molecule has 0 unspecified atom stereocenters. The van der Waals surface area contributed by atoms with Gasteiger partial charge in [0.2, 0.25) is 0 Å². The summed E-state index contributed by atoms with van der Waals surface area (Å²) in [6, 6.07) is 20.2. The molecule has 0 atom stereocenters. The molecular formula is C29H34N6O2. The van der Waals surface area contributed by atoms with Crippen LogP contribution in [0.3, 0.4) is 0 Å². The van der Waals surface area contributed by atoms with Gasteiger partial charge in [-0.15, -0.1) is 0 Å². The van der Waals surface area contributed by atoms with Crippen molar-refractivity contribution in [1.29, 1.82) is 0 Å². The summed E-state index contributed by atoms with van der Waals surface area (Å²) in [5.74, 6) is 1.93. The molecule has 8 heteroatoms. The first-order chi connectivity index (χ1) is 18.0. The van der Waals surface area contributed by atoms with Crippen LogP contribution in [-0.4, -0.2) is 42.9 Å². The second kappa shape index (κ2) is 10.9. The number of anilines is 3. The van der Waals surface area contributed by atoms with Crippen molar-refractivity contribution < 1.29 is 9.32 Å². The molecule has 3 N–H and O–H groups in total. The molecule has 0 aliphatic heterocycles. The van der Waals surface area contributed by atoms with Gasteiger partial charge >= 0.3 is 6.03 Å². The smallest absolute Gasteiger partial charge is 0.319 e. The van der Waals surface area contributed by atoms with E-state index in [0.717, 1.165) is 53.7 Å². The average molecular weight is 499 g/mol. The lowest BCUT2D eigenvalue weighted by Gasteiger charge is -2.30. The molecule has 0 spiro atoms. The minimum absolute atomic E-state index is 0.236. The Balaban J connectivity index is 1.13.